The first-order valence-electron chi connectivity index (χ1n) is 11.8. The number of nitrogens with zero attached hydrogens (tertiary/aromatic N) is 4. The van der Waals surface area contributed by atoms with E-state index >= 15 is 0 Å². The number of piperazine rings is 1. The highest BCUT2D eigenvalue weighted by molar-refractivity contribution is 5.94. The molecule has 2 aromatic carbocycles. The van der Waals surface area contributed by atoms with Crippen LogP contribution in [-0.2, 0) is 0 Å². The molecular weight excluding hydrogens is 473 g/mol. The van der Waals surface area contributed by atoms with Crippen LogP contribution in [0.25, 0.3) is 10.9 Å². The third kappa shape index (κ3) is 4.22. The number of alkyl halides is 2. The van der Waals surface area contributed by atoms with Crippen molar-refractivity contribution in [2.45, 2.75) is 32.4 Å². The number of aryl methyl sites for hydroxylation is 1. The lowest BCUT2D eigenvalue weighted by Gasteiger charge is -2.45. The van der Waals surface area contributed by atoms with Crippen LogP contribution in [0.5, 0.6) is 5.75 Å². The molecule has 5 rings (SSSR count). The van der Waals surface area contributed by atoms with Gasteiger partial charge in [0.25, 0.3) is 6.43 Å². The van der Waals surface area contributed by atoms with Crippen LogP contribution in [0.3, 0.4) is 0 Å². The van der Waals surface area contributed by atoms with Crippen LogP contribution in [0.2, 0.25) is 0 Å². The Bertz CT molecular complexity index is 1320. The third-order valence-electron chi connectivity index (χ3n) is 6.73. The summed E-state index contributed by atoms with van der Waals surface area (Å²) in [5.41, 5.74) is 1.02. The number of nitrogens with one attached hydrogen (secondary N) is 2. The predicted molar refractivity (Wildman–Crippen MR) is 130 cm³/mol. The highest BCUT2D eigenvalue weighted by atomic mass is 19.3. The quantitative estimate of drug-likeness (QED) is 0.552. The number of anilines is 2. The summed E-state index contributed by atoms with van der Waals surface area (Å²) in [6.45, 7) is 5.63. The van der Waals surface area contributed by atoms with Crippen molar-refractivity contribution in [3.05, 3.63) is 53.1 Å². The number of amides is 2. The number of carbonyl (C=O) groups excluding carboxylic acids is 1. The Morgan fingerprint density at radius 3 is 2.72 bits per heavy atom. The van der Waals surface area contributed by atoms with E-state index in [1.54, 1.807) is 25.8 Å². The van der Waals surface area contributed by atoms with Crippen molar-refractivity contribution in [1.29, 1.82) is 0 Å². The second kappa shape index (κ2) is 9.36. The molecule has 3 aromatic rings. The molecule has 0 radical (unpaired) electrons. The molecule has 2 aliphatic heterocycles. The molecule has 1 aromatic heterocycles. The van der Waals surface area contributed by atoms with E-state index in [9.17, 15) is 18.0 Å². The summed E-state index contributed by atoms with van der Waals surface area (Å²) in [4.78, 5) is 25.2. The molecule has 0 spiro atoms. The lowest BCUT2D eigenvalue weighted by molar-refractivity contribution is 0.146. The lowest BCUT2D eigenvalue weighted by Crippen LogP contribution is -2.59. The number of halogens is 3. The molecule has 0 bridgehead atoms. The minimum Gasteiger partial charge on any atom is -0.489 e. The molecule has 11 heteroatoms. The molecule has 2 N–H and O–H groups in total. The zero-order chi connectivity index (χ0) is 25.6. The number of ether oxygens (including phenoxy) is 1. The third-order valence-corrected chi connectivity index (χ3v) is 6.73. The Balaban J connectivity index is 1.49. The molecule has 2 amide bonds. The summed E-state index contributed by atoms with van der Waals surface area (Å²) in [5, 5.41) is 6.57. The molecular formula is C25H27F3N6O2. The van der Waals surface area contributed by atoms with E-state index in [2.05, 4.69) is 25.5 Å². The van der Waals surface area contributed by atoms with Gasteiger partial charge in [-0.1, -0.05) is 18.2 Å². The summed E-state index contributed by atoms with van der Waals surface area (Å²) in [6.07, 6.45) is -2.90. The number of fused-ring (bicyclic) bond motifs is 4. The normalized spacial score (nSPS) is 17.9. The lowest BCUT2D eigenvalue weighted by atomic mass is 10.0. The number of hydrogen-bond acceptors (Lipinski definition) is 6. The Morgan fingerprint density at radius 1 is 1.19 bits per heavy atom. The number of benzene rings is 2. The van der Waals surface area contributed by atoms with Crippen LogP contribution < -0.4 is 20.3 Å². The average molecular weight is 501 g/mol. The van der Waals surface area contributed by atoms with Gasteiger partial charge >= 0.3 is 6.03 Å². The SMILES string of the molecule is CNC(=O)N1CCN2c3cc4c(N[C@H](C)c5cccc(C(F)F)c5F)nc(C)nc4cc3OC[C@H]2C1. The van der Waals surface area contributed by atoms with E-state index in [0.717, 1.165) is 11.8 Å². The zero-order valence-electron chi connectivity index (χ0n) is 20.2. The Labute approximate surface area is 206 Å². The van der Waals surface area contributed by atoms with E-state index in [1.165, 1.54) is 12.1 Å². The van der Waals surface area contributed by atoms with Crippen LogP contribution in [0, 0.1) is 12.7 Å². The van der Waals surface area contributed by atoms with E-state index in [-0.39, 0.29) is 17.6 Å². The van der Waals surface area contributed by atoms with Crippen molar-refractivity contribution >= 4 is 28.4 Å². The van der Waals surface area contributed by atoms with E-state index < -0.39 is 23.8 Å². The van der Waals surface area contributed by atoms with Crippen LogP contribution in [0.1, 0.15) is 36.3 Å². The molecule has 0 unspecified atom stereocenters. The van der Waals surface area contributed by atoms with Crippen molar-refractivity contribution in [3.8, 4) is 5.75 Å². The second-order valence-electron chi connectivity index (χ2n) is 9.03. The van der Waals surface area contributed by atoms with Crippen molar-refractivity contribution in [2.75, 3.05) is 43.5 Å². The second-order valence-corrected chi connectivity index (χ2v) is 9.03. The van der Waals surface area contributed by atoms with Gasteiger partial charge in [-0.05, 0) is 19.9 Å². The maximum atomic E-state index is 14.8. The largest absolute Gasteiger partial charge is 0.489 e. The van der Waals surface area contributed by atoms with Crippen LogP contribution in [0.4, 0.5) is 29.5 Å². The molecule has 1 fully saturated rings. The summed E-state index contributed by atoms with van der Waals surface area (Å²) in [7, 11) is 1.61. The number of aromatic nitrogens is 2. The molecule has 3 heterocycles. The van der Waals surface area contributed by atoms with Crippen LogP contribution in [-0.4, -0.2) is 60.2 Å². The fourth-order valence-electron chi connectivity index (χ4n) is 4.91. The fourth-order valence-corrected chi connectivity index (χ4v) is 4.91. The summed E-state index contributed by atoms with van der Waals surface area (Å²) < 4.78 is 47.3. The van der Waals surface area contributed by atoms with Gasteiger partial charge in [0.05, 0.1) is 28.9 Å². The Kier molecular flexibility index (Phi) is 6.23. The molecule has 190 valence electrons. The maximum absolute atomic E-state index is 14.8. The molecule has 0 aliphatic carbocycles. The van der Waals surface area contributed by atoms with Gasteiger partial charge in [0, 0.05) is 43.7 Å². The molecule has 1 saturated heterocycles. The van der Waals surface area contributed by atoms with E-state index in [4.69, 9.17) is 4.74 Å². The molecule has 36 heavy (non-hydrogen) atoms. The fraction of sp³-hybridized carbons (Fsp3) is 0.400. The average Bonchev–Trinajstić information content (AvgIpc) is 2.86. The minimum absolute atomic E-state index is 0.00566. The Hall–Kier alpha value is -3.76. The van der Waals surface area contributed by atoms with Gasteiger partial charge in [-0.25, -0.2) is 27.9 Å². The van der Waals surface area contributed by atoms with Gasteiger partial charge in [0.15, 0.2) is 0 Å². The zero-order valence-corrected chi connectivity index (χ0v) is 20.2. The number of rotatable bonds is 4. The standard InChI is InChI=1S/C25H27F3N6O2/c1-13(16-5-4-6-17(22(16)26)23(27)28)30-24-18-9-20-21(10-19(18)31-14(2)32-24)36-12-15-11-33(25(35)29-3)7-8-34(15)20/h4-6,9-10,13,15,23H,7-8,11-12H2,1-3H3,(H,29,35)(H,30,31,32)/t13-,15-/m1/s1. The minimum atomic E-state index is -2.90. The predicted octanol–water partition coefficient (Wildman–Crippen LogP) is 4.41. The summed E-state index contributed by atoms with van der Waals surface area (Å²) in [6, 6.07) is 7.04. The molecule has 0 saturated carbocycles. The number of hydrogen-bond donors (Lipinski definition) is 2. The van der Waals surface area contributed by atoms with Gasteiger partial charge in [0.2, 0.25) is 0 Å². The summed E-state index contributed by atoms with van der Waals surface area (Å²) >= 11 is 0. The van der Waals surface area contributed by atoms with Gasteiger partial charge in [-0.2, -0.15) is 0 Å². The molecule has 2 atom stereocenters. The van der Waals surface area contributed by atoms with Crippen molar-refractivity contribution in [2.24, 2.45) is 0 Å². The number of carbonyl (C=O) groups is 1. The maximum Gasteiger partial charge on any atom is 0.317 e. The van der Waals surface area contributed by atoms with Crippen molar-refractivity contribution < 1.29 is 22.7 Å². The van der Waals surface area contributed by atoms with Crippen molar-refractivity contribution in [1.82, 2.24) is 20.2 Å². The van der Waals surface area contributed by atoms with E-state index in [0.29, 0.717) is 54.5 Å². The van der Waals surface area contributed by atoms with Gasteiger partial charge in [0.1, 0.15) is 29.8 Å². The van der Waals surface area contributed by atoms with Crippen molar-refractivity contribution in [3.63, 3.8) is 0 Å². The van der Waals surface area contributed by atoms with E-state index in [1.807, 2.05) is 12.1 Å². The summed E-state index contributed by atoms with van der Waals surface area (Å²) in [5.74, 6) is 0.748. The Morgan fingerprint density at radius 2 is 1.97 bits per heavy atom. The highest BCUT2D eigenvalue weighted by Crippen LogP contribution is 2.40. The first-order valence-corrected chi connectivity index (χ1v) is 11.8. The smallest absolute Gasteiger partial charge is 0.317 e. The van der Waals surface area contributed by atoms with Gasteiger partial charge in [-0.15, -0.1) is 0 Å². The monoisotopic (exact) mass is 500 g/mol. The molecule has 2 aliphatic rings. The molecule has 8 nitrogen and oxygen atoms in total. The van der Waals surface area contributed by atoms with Gasteiger partial charge in [-0.3, -0.25) is 0 Å². The van der Waals surface area contributed by atoms with Crippen LogP contribution >= 0.6 is 0 Å². The number of urea groups is 1. The highest BCUT2D eigenvalue weighted by Gasteiger charge is 2.35. The first-order chi connectivity index (χ1) is 17.3. The topological polar surface area (TPSA) is 82.6 Å². The first kappa shape index (κ1) is 24.0. The van der Waals surface area contributed by atoms with Gasteiger partial charge < -0.3 is 25.2 Å². The van der Waals surface area contributed by atoms with Crippen LogP contribution in [0.15, 0.2) is 30.3 Å².